The zero-order chi connectivity index (χ0) is 20.7. The van der Waals surface area contributed by atoms with E-state index in [0.29, 0.717) is 12.8 Å². The van der Waals surface area contributed by atoms with Crippen LogP contribution < -0.4 is 10.5 Å². The smallest absolute Gasteiger partial charge is 0.408 e. The lowest BCUT2D eigenvalue weighted by atomic mass is 10.1. The van der Waals surface area contributed by atoms with Gasteiger partial charge in [0.2, 0.25) is 0 Å². The highest BCUT2D eigenvalue weighted by molar-refractivity contribution is 6.90. The van der Waals surface area contributed by atoms with Crippen LogP contribution in [0.15, 0.2) is 36.9 Å². The summed E-state index contributed by atoms with van der Waals surface area (Å²) in [6.07, 6.45) is 2.46. The van der Waals surface area contributed by atoms with Gasteiger partial charge >= 0.3 is 12.1 Å². The minimum absolute atomic E-state index is 0.443. The minimum atomic E-state index is -1.48. The van der Waals surface area contributed by atoms with Crippen molar-refractivity contribution in [3.63, 3.8) is 0 Å². The Morgan fingerprint density at radius 2 is 1.81 bits per heavy atom. The molecule has 5 nitrogen and oxygen atoms in total. The maximum atomic E-state index is 12.0. The molecule has 1 aromatic rings. The second-order valence-electron chi connectivity index (χ2n) is 8.33. The molecule has 0 unspecified atom stereocenters. The Morgan fingerprint density at radius 3 is 2.30 bits per heavy atom. The summed E-state index contributed by atoms with van der Waals surface area (Å²) in [6, 6.07) is 8.82. The molecule has 0 bridgehead atoms. The van der Waals surface area contributed by atoms with Crippen molar-refractivity contribution in [2.75, 3.05) is 7.11 Å². The van der Waals surface area contributed by atoms with Gasteiger partial charge in [0.05, 0.1) is 15.2 Å². The number of carbonyl (C=O) groups is 2. The van der Waals surface area contributed by atoms with Gasteiger partial charge in [-0.2, -0.15) is 0 Å². The van der Waals surface area contributed by atoms with Gasteiger partial charge in [-0.25, -0.2) is 9.59 Å². The normalized spacial score (nSPS) is 12.8. The third-order valence-electron chi connectivity index (χ3n) is 4.29. The molecular formula is C21H33NO4Si. The van der Waals surface area contributed by atoms with Crippen molar-refractivity contribution in [3.8, 4) is 0 Å². The summed E-state index contributed by atoms with van der Waals surface area (Å²) in [5.74, 6) is -0.475. The molecule has 0 radical (unpaired) electrons. The zero-order valence-corrected chi connectivity index (χ0v) is 18.4. The molecule has 0 fully saturated rings. The molecule has 27 heavy (non-hydrogen) atoms. The fourth-order valence-corrected chi connectivity index (χ4v) is 4.78. The Bertz CT molecular complexity index is 647. The molecule has 1 amide bonds. The number of nitrogens with one attached hydrogen (secondary N) is 1. The van der Waals surface area contributed by atoms with E-state index < -0.39 is 31.8 Å². The van der Waals surface area contributed by atoms with Gasteiger partial charge in [-0.1, -0.05) is 48.6 Å². The predicted octanol–water partition coefficient (Wildman–Crippen LogP) is 3.79. The van der Waals surface area contributed by atoms with Crippen molar-refractivity contribution < 1.29 is 19.1 Å². The number of ether oxygens (including phenoxy) is 2. The van der Waals surface area contributed by atoms with Crippen LogP contribution in [0.5, 0.6) is 0 Å². The van der Waals surface area contributed by atoms with Crippen molar-refractivity contribution in [3.05, 3.63) is 42.5 Å². The van der Waals surface area contributed by atoms with E-state index in [0.717, 1.165) is 11.6 Å². The lowest BCUT2D eigenvalue weighted by molar-refractivity contribution is -0.143. The van der Waals surface area contributed by atoms with E-state index >= 15 is 0 Å². The SMILES string of the molecule is C=CC[Si](C)(C)c1ccc(CC[C@H](NC(=O)OC(C)(C)C)C(=O)OC)cc1. The Balaban J connectivity index is 2.74. The number of carbonyl (C=O) groups excluding carboxylic acids is 2. The third kappa shape index (κ3) is 7.99. The quantitative estimate of drug-likeness (QED) is 0.416. The second kappa shape index (κ2) is 9.74. The molecule has 0 aliphatic heterocycles. The van der Waals surface area contributed by atoms with Gasteiger partial charge in [-0.3, -0.25) is 0 Å². The molecule has 0 aromatic heterocycles. The maximum Gasteiger partial charge on any atom is 0.408 e. The third-order valence-corrected chi connectivity index (χ3v) is 7.49. The predicted molar refractivity (Wildman–Crippen MR) is 112 cm³/mol. The molecule has 0 saturated heterocycles. The van der Waals surface area contributed by atoms with Crippen LogP contribution in [-0.4, -0.2) is 38.9 Å². The molecular weight excluding hydrogens is 358 g/mol. The minimum Gasteiger partial charge on any atom is -0.467 e. The van der Waals surface area contributed by atoms with Crippen LogP contribution in [0.3, 0.4) is 0 Å². The van der Waals surface area contributed by atoms with Crippen LogP contribution in [0, 0.1) is 0 Å². The highest BCUT2D eigenvalue weighted by Gasteiger charge is 2.25. The van der Waals surface area contributed by atoms with Crippen LogP contribution in [0.2, 0.25) is 19.1 Å². The lowest BCUT2D eigenvalue weighted by Gasteiger charge is -2.23. The first-order valence-electron chi connectivity index (χ1n) is 9.26. The van der Waals surface area contributed by atoms with Crippen molar-refractivity contribution in [1.82, 2.24) is 5.32 Å². The van der Waals surface area contributed by atoms with Gasteiger partial charge in [-0.15, -0.1) is 6.58 Å². The number of methoxy groups -OCH3 is 1. The molecule has 0 heterocycles. The van der Waals surface area contributed by atoms with Crippen LogP contribution in [0.4, 0.5) is 4.79 Å². The van der Waals surface area contributed by atoms with Gasteiger partial charge in [0.15, 0.2) is 0 Å². The van der Waals surface area contributed by atoms with Gasteiger partial charge in [0.25, 0.3) is 0 Å². The lowest BCUT2D eigenvalue weighted by Crippen LogP contribution is -2.44. The number of amides is 1. The van der Waals surface area contributed by atoms with E-state index in [-0.39, 0.29) is 0 Å². The molecule has 150 valence electrons. The molecule has 6 heteroatoms. The summed E-state index contributed by atoms with van der Waals surface area (Å²) >= 11 is 0. The van der Waals surface area contributed by atoms with E-state index in [1.165, 1.54) is 12.3 Å². The van der Waals surface area contributed by atoms with Crippen LogP contribution in [0.1, 0.15) is 32.8 Å². The summed E-state index contributed by atoms with van der Waals surface area (Å²) < 4.78 is 10.0. The second-order valence-corrected chi connectivity index (χ2v) is 13.1. The largest absolute Gasteiger partial charge is 0.467 e. The first-order chi connectivity index (χ1) is 12.5. The number of alkyl carbamates (subject to hydrolysis) is 1. The number of allylic oxidation sites excluding steroid dienone is 1. The number of hydrogen-bond donors (Lipinski definition) is 1. The maximum absolute atomic E-state index is 12.0. The van der Waals surface area contributed by atoms with Crippen molar-refractivity contribution in [2.24, 2.45) is 0 Å². The van der Waals surface area contributed by atoms with Gasteiger partial charge in [0.1, 0.15) is 11.6 Å². The topological polar surface area (TPSA) is 64.6 Å². The molecule has 0 aliphatic rings. The average Bonchev–Trinajstić information content (AvgIpc) is 2.56. The molecule has 1 aromatic carbocycles. The number of esters is 1. The standard InChI is InChI=1S/C21H33NO4Si/c1-8-15-27(6,7)17-12-9-16(10-13-17)11-14-18(19(23)25-5)22-20(24)26-21(2,3)4/h8-10,12-13,18H,1,11,14-15H2,2-7H3,(H,22,24)/t18-/m0/s1. The Kier molecular flexibility index (Phi) is 8.28. The van der Waals surface area contributed by atoms with Crippen LogP contribution in [-0.2, 0) is 20.7 Å². The highest BCUT2D eigenvalue weighted by Crippen LogP contribution is 2.13. The van der Waals surface area contributed by atoms with Gasteiger partial charge in [-0.05, 0) is 45.2 Å². The highest BCUT2D eigenvalue weighted by atomic mass is 28.3. The number of aryl methyl sites for hydroxylation is 1. The average molecular weight is 392 g/mol. The number of hydrogen-bond acceptors (Lipinski definition) is 4. The van der Waals surface area contributed by atoms with Crippen molar-refractivity contribution >= 4 is 25.3 Å². The van der Waals surface area contributed by atoms with E-state index in [2.05, 4.69) is 49.3 Å². The van der Waals surface area contributed by atoms with Gasteiger partial charge in [0, 0.05) is 0 Å². The van der Waals surface area contributed by atoms with Crippen LogP contribution in [0.25, 0.3) is 0 Å². The van der Waals surface area contributed by atoms with E-state index in [1.807, 2.05) is 6.08 Å². The van der Waals surface area contributed by atoms with Crippen LogP contribution >= 0.6 is 0 Å². The molecule has 1 N–H and O–H groups in total. The van der Waals surface area contributed by atoms with E-state index in [1.54, 1.807) is 20.8 Å². The number of rotatable bonds is 8. The fourth-order valence-electron chi connectivity index (χ4n) is 2.75. The molecule has 1 atom stereocenters. The molecule has 0 spiro atoms. The summed E-state index contributed by atoms with van der Waals surface area (Å²) in [4.78, 5) is 24.0. The van der Waals surface area contributed by atoms with E-state index in [9.17, 15) is 9.59 Å². The first-order valence-corrected chi connectivity index (χ1v) is 12.5. The van der Waals surface area contributed by atoms with Crippen molar-refractivity contribution in [2.45, 2.75) is 64.4 Å². The summed E-state index contributed by atoms with van der Waals surface area (Å²) in [6.45, 7) is 13.8. The summed E-state index contributed by atoms with van der Waals surface area (Å²) in [7, 11) is -0.168. The first kappa shape index (κ1) is 23.0. The van der Waals surface area contributed by atoms with Gasteiger partial charge < -0.3 is 14.8 Å². The van der Waals surface area contributed by atoms with Crippen molar-refractivity contribution in [1.29, 1.82) is 0 Å². The Hall–Kier alpha value is -2.08. The molecule has 1 rings (SSSR count). The Morgan fingerprint density at radius 1 is 1.22 bits per heavy atom. The Labute approximate surface area is 164 Å². The molecule has 0 saturated carbocycles. The number of benzene rings is 1. The fraction of sp³-hybridized carbons (Fsp3) is 0.524. The van der Waals surface area contributed by atoms with E-state index in [4.69, 9.17) is 9.47 Å². The molecule has 0 aliphatic carbocycles. The summed E-state index contributed by atoms with van der Waals surface area (Å²) in [5.41, 5.74) is 0.491. The zero-order valence-electron chi connectivity index (χ0n) is 17.4. The summed E-state index contributed by atoms with van der Waals surface area (Å²) in [5, 5.41) is 3.98. The monoisotopic (exact) mass is 391 g/mol.